The molecule has 1 aromatic rings. The molecule has 2 N–H and O–H groups in total. The second-order valence-electron chi connectivity index (χ2n) is 5.49. The summed E-state index contributed by atoms with van der Waals surface area (Å²) in [7, 11) is 0. The summed E-state index contributed by atoms with van der Waals surface area (Å²) in [4.78, 5) is 2.54. The van der Waals surface area contributed by atoms with Crippen LogP contribution >= 0.6 is 24.0 Å². The number of nitrogens with zero attached hydrogens (tertiary/aromatic N) is 1. The molecule has 1 aromatic carbocycles. The second kappa shape index (κ2) is 5.79. The number of hydrogen-bond donors (Lipinski definition) is 1. The smallest absolute Gasteiger partial charge is 0.0406 e. The van der Waals surface area contributed by atoms with Gasteiger partial charge in [-0.15, -0.1) is 12.4 Å². The van der Waals surface area contributed by atoms with Gasteiger partial charge in [-0.25, -0.2) is 0 Å². The summed E-state index contributed by atoms with van der Waals surface area (Å²) in [5.41, 5.74) is 7.50. The SMILES string of the molecule is Cl.NC1CCC2CN(Cc3ccc(Cl)cc3)CC12. The van der Waals surface area contributed by atoms with Crippen LogP contribution in [-0.2, 0) is 6.54 Å². The third kappa shape index (κ3) is 2.83. The van der Waals surface area contributed by atoms with Crippen molar-refractivity contribution < 1.29 is 0 Å². The second-order valence-corrected chi connectivity index (χ2v) is 5.92. The van der Waals surface area contributed by atoms with Crippen LogP contribution in [0.1, 0.15) is 18.4 Å². The molecule has 0 radical (unpaired) electrons. The van der Waals surface area contributed by atoms with E-state index >= 15 is 0 Å². The van der Waals surface area contributed by atoms with Gasteiger partial charge >= 0.3 is 0 Å². The van der Waals surface area contributed by atoms with E-state index in [2.05, 4.69) is 17.0 Å². The maximum atomic E-state index is 6.15. The van der Waals surface area contributed by atoms with Crippen LogP contribution < -0.4 is 5.73 Å². The van der Waals surface area contributed by atoms with Crippen LogP contribution in [0.15, 0.2) is 24.3 Å². The number of hydrogen-bond acceptors (Lipinski definition) is 2. The molecule has 2 fully saturated rings. The minimum atomic E-state index is 0. The Kier molecular flexibility index (Phi) is 4.54. The van der Waals surface area contributed by atoms with E-state index < -0.39 is 0 Å². The van der Waals surface area contributed by atoms with E-state index in [1.165, 1.54) is 31.5 Å². The van der Waals surface area contributed by atoms with Crippen molar-refractivity contribution in [3.8, 4) is 0 Å². The maximum absolute atomic E-state index is 6.15. The first-order chi connectivity index (χ1) is 8.22. The van der Waals surface area contributed by atoms with E-state index in [1.807, 2.05) is 12.1 Å². The summed E-state index contributed by atoms with van der Waals surface area (Å²) in [6.07, 6.45) is 2.55. The van der Waals surface area contributed by atoms with Crippen LogP contribution in [0.25, 0.3) is 0 Å². The molecule has 0 aromatic heterocycles. The molecule has 0 bridgehead atoms. The van der Waals surface area contributed by atoms with Gasteiger partial charge in [0.2, 0.25) is 0 Å². The van der Waals surface area contributed by atoms with Gasteiger partial charge in [-0.2, -0.15) is 0 Å². The Hall–Kier alpha value is -0.280. The fraction of sp³-hybridized carbons (Fsp3) is 0.571. The van der Waals surface area contributed by atoms with Gasteiger partial charge < -0.3 is 5.73 Å². The van der Waals surface area contributed by atoms with Crippen molar-refractivity contribution in [2.45, 2.75) is 25.4 Å². The standard InChI is InChI=1S/C14H19ClN2.ClH/c15-12-4-1-10(2-5-12)7-17-8-11-3-6-14(16)13(11)9-17;/h1-2,4-5,11,13-14H,3,6-9,16H2;1H. The zero-order valence-electron chi connectivity index (χ0n) is 10.4. The topological polar surface area (TPSA) is 29.3 Å². The lowest BCUT2D eigenvalue weighted by molar-refractivity contribution is 0.298. The molecule has 1 saturated heterocycles. The van der Waals surface area contributed by atoms with Gasteiger partial charge in [-0.05, 0) is 42.4 Å². The molecule has 3 rings (SSSR count). The Morgan fingerprint density at radius 2 is 1.89 bits per heavy atom. The normalized spacial score (nSPS) is 31.1. The zero-order valence-corrected chi connectivity index (χ0v) is 12.0. The molecule has 0 amide bonds. The van der Waals surface area contributed by atoms with Gasteiger partial charge in [0.05, 0.1) is 0 Å². The number of likely N-dealkylation sites (tertiary alicyclic amines) is 1. The van der Waals surface area contributed by atoms with Gasteiger partial charge in [-0.3, -0.25) is 4.90 Å². The molecule has 1 saturated carbocycles. The molecular weight excluding hydrogens is 267 g/mol. The largest absolute Gasteiger partial charge is 0.327 e. The van der Waals surface area contributed by atoms with Crippen LogP contribution in [0.4, 0.5) is 0 Å². The predicted molar refractivity (Wildman–Crippen MR) is 78.2 cm³/mol. The summed E-state index contributed by atoms with van der Waals surface area (Å²) in [5.74, 6) is 1.58. The van der Waals surface area contributed by atoms with E-state index in [4.69, 9.17) is 17.3 Å². The van der Waals surface area contributed by atoms with Gasteiger partial charge in [-0.1, -0.05) is 23.7 Å². The molecule has 100 valence electrons. The molecule has 2 aliphatic rings. The summed E-state index contributed by atoms with van der Waals surface area (Å²) in [5, 5.41) is 0.814. The highest BCUT2D eigenvalue weighted by molar-refractivity contribution is 6.30. The van der Waals surface area contributed by atoms with E-state index in [-0.39, 0.29) is 12.4 Å². The van der Waals surface area contributed by atoms with E-state index in [0.717, 1.165) is 23.4 Å². The van der Waals surface area contributed by atoms with Crippen molar-refractivity contribution in [2.75, 3.05) is 13.1 Å². The van der Waals surface area contributed by atoms with Crippen molar-refractivity contribution in [3.05, 3.63) is 34.9 Å². The number of rotatable bonds is 2. The van der Waals surface area contributed by atoms with E-state index in [9.17, 15) is 0 Å². The molecule has 1 aliphatic heterocycles. The first kappa shape index (κ1) is 14.1. The average Bonchev–Trinajstić information content (AvgIpc) is 2.85. The van der Waals surface area contributed by atoms with Crippen molar-refractivity contribution in [1.82, 2.24) is 4.90 Å². The molecule has 3 atom stereocenters. The Morgan fingerprint density at radius 3 is 2.56 bits per heavy atom. The number of halogens is 2. The van der Waals surface area contributed by atoms with Crippen molar-refractivity contribution in [3.63, 3.8) is 0 Å². The van der Waals surface area contributed by atoms with Crippen LogP contribution in [0.3, 0.4) is 0 Å². The highest BCUT2D eigenvalue weighted by Crippen LogP contribution is 2.37. The lowest BCUT2D eigenvalue weighted by Crippen LogP contribution is -2.30. The van der Waals surface area contributed by atoms with Gasteiger partial charge in [0.15, 0.2) is 0 Å². The van der Waals surface area contributed by atoms with Gasteiger partial charge in [0.1, 0.15) is 0 Å². The molecule has 1 heterocycles. The summed E-state index contributed by atoms with van der Waals surface area (Å²) in [6.45, 7) is 3.44. The first-order valence-corrected chi connectivity index (χ1v) is 6.82. The van der Waals surface area contributed by atoms with Crippen LogP contribution in [-0.4, -0.2) is 24.0 Å². The van der Waals surface area contributed by atoms with Crippen LogP contribution in [0, 0.1) is 11.8 Å². The van der Waals surface area contributed by atoms with Gasteiger partial charge in [0, 0.05) is 30.7 Å². The number of fused-ring (bicyclic) bond motifs is 1. The lowest BCUT2D eigenvalue weighted by atomic mass is 9.98. The predicted octanol–water partition coefficient (Wildman–Crippen LogP) is 2.93. The summed E-state index contributed by atoms with van der Waals surface area (Å²) in [6, 6.07) is 8.63. The Bertz CT molecular complexity index is 393. The fourth-order valence-corrected chi connectivity index (χ4v) is 3.50. The minimum absolute atomic E-state index is 0. The van der Waals surface area contributed by atoms with Crippen LogP contribution in [0.2, 0.25) is 5.02 Å². The third-order valence-electron chi connectivity index (χ3n) is 4.31. The van der Waals surface area contributed by atoms with E-state index in [0.29, 0.717) is 6.04 Å². The average molecular weight is 287 g/mol. The first-order valence-electron chi connectivity index (χ1n) is 6.45. The maximum Gasteiger partial charge on any atom is 0.0406 e. The van der Waals surface area contributed by atoms with Crippen molar-refractivity contribution in [1.29, 1.82) is 0 Å². The molecule has 4 heteroatoms. The van der Waals surface area contributed by atoms with E-state index in [1.54, 1.807) is 0 Å². The lowest BCUT2D eigenvalue weighted by Gasteiger charge is -2.18. The molecule has 1 aliphatic carbocycles. The van der Waals surface area contributed by atoms with Crippen LogP contribution in [0.5, 0.6) is 0 Å². The molecular formula is C14H20Cl2N2. The Morgan fingerprint density at radius 1 is 1.17 bits per heavy atom. The van der Waals surface area contributed by atoms with Crippen molar-refractivity contribution in [2.24, 2.45) is 17.6 Å². The minimum Gasteiger partial charge on any atom is -0.327 e. The summed E-state index contributed by atoms with van der Waals surface area (Å²) < 4.78 is 0. The quantitative estimate of drug-likeness (QED) is 0.906. The molecule has 3 unspecified atom stereocenters. The zero-order chi connectivity index (χ0) is 11.8. The number of benzene rings is 1. The Labute approximate surface area is 120 Å². The van der Waals surface area contributed by atoms with Crippen molar-refractivity contribution >= 4 is 24.0 Å². The highest BCUT2D eigenvalue weighted by Gasteiger charge is 2.40. The third-order valence-corrected chi connectivity index (χ3v) is 4.56. The molecule has 2 nitrogen and oxygen atoms in total. The monoisotopic (exact) mass is 286 g/mol. The van der Waals surface area contributed by atoms with Gasteiger partial charge in [0.25, 0.3) is 0 Å². The summed E-state index contributed by atoms with van der Waals surface area (Å²) >= 11 is 5.90. The molecule has 18 heavy (non-hydrogen) atoms. The molecule has 0 spiro atoms. The Balaban J connectivity index is 0.00000120. The highest BCUT2D eigenvalue weighted by atomic mass is 35.5. The fourth-order valence-electron chi connectivity index (χ4n) is 3.38. The number of nitrogens with two attached hydrogens (primary N) is 1.